The number of carboxylic acids is 1. The zero-order chi connectivity index (χ0) is 12.4. The van der Waals surface area contributed by atoms with Gasteiger partial charge in [0.25, 0.3) is 0 Å². The zero-order valence-electron chi connectivity index (χ0n) is 9.01. The second-order valence-electron chi connectivity index (χ2n) is 3.46. The van der Waals surface area contributed by atoms with Gasteiger partial charge in [0.05, 0.1) is 5.69 Å². The van der Waals surface area contributed by atoms with Gasteiger partial charge >= 0.3 is 5.97 Å². The van der Waals surface area contributed by atoms with Gasteiger partial charge < -0.3 is 5.11 Å². The van der Waals surface area contributed by atoms with Crippen LogP contribution in [0.1, 0.15) is 16.2 Å². The summed E-state index contributed by atoms with van der Waals surface area (Å²) in [6.45, 7) is 1.73. The maximum atomic E-state index is 11.1. The SMILES string of the molecule is Cc1ncc(C(=O)O)c(-c2ccccc2Br)n1. The van der Waals surface area contributed by atoms with Crippen molar-refractivity contribution < 1.29 is 9.90 Å². The highest BCUT2D eigenvalue weighted by Gasteiger charge is 2.15. The van der Waals surface area contributed by atoms with E-state index in [2.05, 4.69) is 25.9 Å². The van der Waals surface area contributed by atoms with Crippen LogP contribution in [-0.4, -0.2) is 21.0 Å². The van der Waals surface area contributed by atoms with Gasteiger partial charge in [-0.2, -0.15) is 0 Å². The van der Waals surface area contributed by atoms with Crippen LogP contribution in [0.15, 0.2) is 34.9 Å². The molecule has 0 aliphatic carbocycles. The van der Waals surface area contributed by atoms with Crippen LogP contribution in [0.25, 0.3) is 11.3 Å². The molecule has 0 aliphatic heterocycles. The van der Waals surface area contributed by atoms with Crippen molar-refractivity contribution in [3.8, 4) is 11.3 Å². The summed E-state index contributed by atoms with van der Waals surface area (Å²) >= 11 is 3.39. The molecule has 1 N–H and O–H groups in total. The van der Waals surface area contributed by atoms with Gasteiger partial charge in [-0.3, -0.25) is 0 Å². The Kier molecular flexibility index (Phi) is 3.19. The van der Waals surface area contributed by atoms with Crippen LogP contribution >= 0.6 is 15.9 Å². The van der Waals surface area contributed by atoms with Gasteiger partial charge in [0.2, 0.25) is 0 Å². The molecule has 2 aromatic rings. The first-order valence-corrected chi connectivity index (χ1v) is 5.70. The topological polar surface area (TPSA) is 63.1 Å². The lowest BCUT2D eigenvalue weighted by Gasteiger charge is -2.07. The third-order valence-corrected chi connectivity index (χ3v) is 2.96. The van der Waals surface area contributed by atoms with Crippen molar-refractivity contribution in [3.05, 3.63) is 46.3 Å². The van der Waals surface area contributed by atoms with Crippen molar-refractivity contribution in [1.29, 1.82) is 0 Å². The smallest absolute Gasteiger partial charge is 0.339 e. The molecule has 0 spiro atoms. The summed E-state index contributed by atoms with van der Waals surface area (Å²) < 4.78 is 0.806. The van der Waals surface area contributed by atoms with Crippen LogP contribution in [0.3, 0.4) is 0 Å². The molecule has 86 valence electrons. The van der Waals surface area contributed by atoms with Crippen molar-refractivity contribution in [3.63, 3.8) is 0 Å². The maximum Gasteiger partial charge on any atom is 0.339 e. The Bertz CT molecular complexity index is 584. The number of aromatic carboxylic acids is 1. The number of benzene rings is 1. The van der Waals surface area contributed by atoms with Crippen LogP contribution in [-0.2, 0) is 0 Å². The van der Waals surface area contributed by atoms with E-state index in [1.807, 2.05) is 24.3 Å². The molecule has 5 heteroatoms. The van der Waals surface area contributed by atoms with E-state index in [0.717, 1.165) is 10.0 Å². The fourth-order valence-electron chi connectivity index (χ4n) is 1.49. The van der Waals surface area contributed by atoms with Crippen LogP contribution in [0.4, 0.5) is 0 Å². The molecule has 0 saturated carbocycles. The summed E-state index contributed by atoms with van der Waals surface area (Å²) in [4.78, 5) is 19.2. The molecule has 0 fully saturated rings. The number of hydrogen-bond donors (Lipinski definition) is 1. The molecule has 0 saturated heterocycles. The standard InChI is InChI=1S/C12H9BrN2O2/c1-7-14-6-9(12(16)17)11(15-7)8-4-2-3-5-10(8)13/h2-6H,1H3,(H,16,17). The van der Waals surface area contributed by atoms with Gasteiger partial charge in [0, 0.05) is 16.2 Å². The quantitative estimate of drug-likeness (QED) is 0.924. The summed E-state index contributed by atoms with van der Waals surface area (Å²) in [7, 11) is 0. The molecule has 1 heterocycles. The number of halogens is 1. The van der Waals surface area contributed by atoms with E-state index in [-0.39, 0.29) is 5.56 Å². The molecule has 0 atom stereocenters. The largest absolute Gasteiger partial charge is 0.478 e. The molecule has 4 nitrogen and oxygen atoms in total. The molecule has 0 amide bonds. The van der Waals surface area contributed by atoms with E-state index < -0.39 is 5.97 Å². The van der Waals surface area contributed by atoms with Crippen LogP contribution in [0, 0.1) is 6.92 Å². The minimum atomic E-state index is -1.03. The Balaban J connectivity index is 2.70. The monoisotopic (exact) mass is 292 g/mol. The second kappa shape index (κ2) is 4.63. The normalized spacial score (nSPS) is 10.2. The number of hydrogen-bond acceptors (Lipinski definition) is 3. The van der Waals surface area contributed by atoms with E-state index in [4.69, 9.17) is 5.11 Å². The number of aryl methyl sites for hydroxylation is 1. The van der Waals surface area contributed by atoms with E-state index in [0.29, 0.717) is 11.5 Å². The third-order valence-electron chi connectivity index (χ3n) is 2.27. The maximum absolute atomic E-state index is 11.1. The average Bonchev–Trinajstić information content (AvgIpc) is 2.29. The molecule has 0 unspecified atom stereocenters. The van der Waals surface area contributed by atoms with Gasteiger partial charge in [-0.15, -0.1) is 0 Å². The average molecular weight is 293 g/mol. The molecule has 1 aromatic carbocycles. The predicted molar refractivity (Wildman–Crippen MR) is 66.9 cm³/mol. The molecule has 2 rings (SSSR count). The first-order valence-electron chi connectivity index (χ1n) is 4.91. The Morgan fingerprint density at radius 1 is 1.35 bits per heavy atom. The van der Waals surface area contributed by atoms with Crippen molar-refractivity contribution in [1.82, 2.24) is 9.97 Å². The second-order valence-corrected chi connectivity index (χ2v) is 4.32. The van der Waals surface area contributed by atoms with Crippen LogP contribution < -0.4 is 0 Å². The lowest BCUT2D eigenvalue weighted by molar-refractivity contribution is 0.0697. The lowest BCUT2D eigenvalue weighted by Crippen LogP contribution is -2.04. The first-order chi connectivity index (χ1) is 8.09. The number of carbonyl (C=O) groups is 1. The number of nitrogens with zero attached hydrogens (tertiary/aromatic N) is 2. The number of carboxylic acid groups (broad SMARTS) is 1. The summed E-state index contributed by atoms with van der Waals surface area (Å²) in [6.07, 6.45) is 1.33. The molecule has 17 heavy (non-hydrogen) atoms. The highest BCUT2D eigenvalue weighted by Crippen LogP contribution is 2.28. The molecule has 0 bridgehead atoms. The Morgan fingerprint density at radius 2 is 2.06 bits per heavy atom. The summed E-state index contributed by atoms with van der Waals surface area (Å²) in [6, 6.07) is 7.36. The van der Waals surface area contributed by atoms with Gasteiger partial charge in [-0.25, -0.2) is 14.8 Å². The summed E-state index contributed by atoms with van der Waals surface area (Å²) in [5.41, 5.74) is 1.27. The van der Waals surface area contributed by atoms with E-state index >= 15 is 0 Å². The molecular weight excluding hydrogens is 284 g/mol. The van der Waals surface area contributed by atoms with Gasteiger partial charge in [0.1, 0.15) is 11.4 Å². The minimum absolute atomic E-state index is 0.0995. The first kappa shape index (κ1) is 11.7. The summed E-state index contributed by atoms with van der Waals surface area (Å²) in [5, 5.41) is 9.11. The molecular formula is C12H9BrN2O2. The third kappa shape index (κ3) is 2.34. The van der Waals surface area contributed by atoms with E-state index in [1.165, 1.54) is 6.20 Å². The predicted octanol–water partition coefficient (Wildman–Crippen LogP) is 2.91. The van der Waals surface area contributed by atoms with E-state index in [1.54, 1.807) is 6.92 Å². The Morgan fingerprint density at radius 3 is 2.71 bits per heavy atom. The van der Waals surface area contributed by atoms with Crippen molar-refractivity contribution in [2.45, 2.75) is 6.92 Å². The molecule has 0 aliphatic rings. The number of aromatic nitrogens is 2. The Hall–Kier alpha value is -1.75. The van der Waals surface area contributed by atoms with Crippen molar-refractivity contribution in [2.75, 3.05) is 0 Å². The highest BCUT2D eigenvalue weighted by atomic mass is 79.9. The van der Waals surface area contributed by atoms with Crippen molar-refractivity contribution >= 4 is 21.9 Å². The minimum Gasteiger partial charge on any atom is -0.478 e. The fraction of sp³-hybridized carbons (Fsp3) is 0.0833. The van der Waals surface area contributed by atoms with Crippen LogP contribution in [0.5, 0.6) is 0 Å². The lowest BCUT2D eigenvalue weighted by atomic mass is 10.1. The highest BCUT2D eigenvalue weighted by molar-refractivity contribution is 9.10. The fourth-order valence-corrected chi connectivity index (χ4v) is 1.96. The Labute approximate surface area is 106 Å². The molecule has 0 radical (unpaired) electrons. The van der Waals surface area contributed by atoms with Crippen LogP contribution in [0.2, 0.25) is 0 Å². The van der Waals surface area contributed by atoms with Gasteiger partial charge in [-0.1, -0.05) is 34.1 Å². The number of rotatable bonds is 2. The van der Waals surface area contributed by atoms with Crippen molar-refractivity contribution in [2.24, 2.45) is 0 Å². The van der Waals surface area contributed by atoms with Gasteiger partial charge in [0.15, 0.2) is 0 Å². The molecule has 1 aromatic heterocycles. The summed E-state index contributed by atoms with van der Waals surface area (Å²) in [5.74, 6) is -0.489. The van der Waals surface area contributed by atoms with E-state index in [9.17, 15) is 4.79 Å². The zero-order valence-corrected chi connectivity index (χ0v) is 10.6. The van der Waals surface area contributed by atoms with Gasteiger partial charge in [-0.05, 0) is 13.0 Å².